The Morgan fingerprint density at radius 2 is 1.73 bits per heavy atom. The molecule has 0 spiro atoms. The van der Waals surface area contributed by atoms with E-state index in [0.29, 0.717) is 0 Å². The van der Waals surface area contributed by atoms with Crippen LogP contribution in [0.15, 0.2) is 42.5 Å². The first-order valence-corrected chi connectivity index (χ1v) is 9.26. The zero-order valence-electron chi connectivity index (χ0n) is 16.1. The van der Waals surface area contributed by atoms with Crippen LogP contribution in [0.5, 0.6) is 0 Å². The summed E-state index contributed by atoms with van der Waals surface area (Å²) in [5, 5.41) is 4.98. The second kappa shape index (κ2) is 8.43. The molecule has 1 aliphatic heterocycles. The van der Waals surface area contributed by atoms with Crippen molar-refractivity contribution in [1.29, 1.82) is 0 Å². The van der Waals surface area contributed by atoms with Gasteiger partial charge in [-0.05, 0) is 42.7 Å². The monoisotopic (exact) mass is 424 g/mol. The van der Waals surface area contributed by atoms with Gasteiger partial charge in [0, 0.05) is 25.8 Å². The lowest BCUT2D eigenvalue weighted by atomic mass is 9.73. The molecule has 0 unspecified atom stereocenters. The number of nitrogens with one attached hydrogen (secondary N) is 2. The number of hydrogen-bond acceptors (Lipinski definition) is 3. The standard InChI is InChI=1S/C21H20F4N2O3/c1-13(28)26-16-5-6-17(22)18(12-16)27-19(29)20(7-9-30-10-8-20)14-3-2-4-15(11-14)21(23,24)25/h2-6,11-12H,7-10H2,1H3,(H,26,28)(H,27,29). The number of rotatable bonds is 4. The number of anilines is 2. The van der Waals surface area contributed by atoms with Crippen molar-refractivity contribution >= 4 is 23.2 Å². The summed E-state index contributed by atoms with van der Waals surface area (Å²) in [5.41, 5.74) is -1.88. The predicted molar refractivity (Wildman–Crippen MR) is 103 cm³/mol. The highest BCUT2D eigenvalue weighted by Crippen LogP contribution is 2.39. The summed E-state index contributed by atoms with van der Waals surface area (Å²) >= 11 is 0. The third-order valence-electron chi connectivity index (χ3n) is 5.06. The summed E-state index contributed by atoms with van der Waals surface area (Å²) in [5.74, 6) is -1.74. The highest BCUT2D eigenvalue weighted by Gasteiger charge is 2.43. The van der Waals surface area contributed by atoms with Crippen LogP contribution in [0.4, 0.5) is 28.9 Å². The van der Waals surface area contributed by atoms with Gasteiger partial charge in [0.05, 0.1) is 16.7 Å². The highest BCUT2D eigenvalue weighted by molar-refractivity contribution is 6.00. The molecule has 5 nitrogen and oxygen atoms in total. The zero-order valence-corrected chi connectivity index (χ0v) is 16.1. The number of hydrogen-bond donors (Lipinski definition) is 2. The Hall–Kier alpha value is -2.94. The van der Waals surface area contributed by atoms with Crippen molar-refractivity contribution in [3.05, 3.63) is 59.4 Å². The second-order valence-corrected chi connectivity index (χ2v) is 7.10. The number of benzene rings is 2. The van der Waals surface area contributed by atoms with Crippen LogP contribution in [0.25, 0.3) is 0 Å². The lowest BCUT2D eigenvalue weighted by molar-refractivity contribution is -0.138. The van der Waals surface area contributed by atoms with Crippen LogP contribution in [0.2, 0.25) is 0 Å². The number of amides is 2. The van der Waals surface area contributed by atoms with Crippen LogP contribution < -0.4 is 10.6 Å². The van der Waals surface area contributed by atoms with E-state index >= 15 is 0 Å². The van der Waals surface area contributed by atoms with E-state index in [-0.39, 0.29) is 48.9 Å². The first-order chi connectivity index (χ1) is 14.1. The fourth-order valence-corrected chi connectivity index (χ4v) is 3.50. The van der Waals surface area contributed by atoms with E-state index in [4.69, 9.17) is 4.74 Å². The Morgan fingerprint density at radius 3 is 2.37 bits per heavy atom. The van der Waals surface area contributed by atoms with E-state index in [9.17, 15) is 27.2 Å². The van der Waals surface area contributed by atoms with E-state index in [1.807, 2.05) is 0 Å². The molecule has 1 fully saturated rings. The Morgan fingerprint density at radius 1 is 1.03 bits per heavy atom. The minimum Gasteiger partial charge on any atom is -0.381 e. The van der Waals surface area contributed by atoms with Gasteiger partial charge in [0.15, 0.2) is 0 Å². The molecule has 1 saturated heterocycles. The molecule has 2 aromatic rings. The van der Waals surface area contributed by atoms with Crippen molar-refractivity contribution in [2.75, 3.05) is 23.8 Å². The molecular formula is C21H20F4N2O3. The van der Waals surface area contributed by atoms with Gasteiger partial charge < -0.3 is 15.4 Å². The minimum absolute atomic E-state index is 0.146. The minimum atomic E-state index is -4.56. The predicted octanol–water partition coefficient (Wildman–Crippen LogP) is 4.49. The Kier molecular flexibility index (Phi) is 6.12. The molecule has 1 heterocycles. The third kappa shape index (κ3) is 4.62. The van der Waals surface area contributed by atoms with E-state index in [2.05, 4.69) is 10.6 Å². The van der Waals surface area contributed by atoms with Gasteiger partial charge >= 0.3 is 6.18 Å². The van der Waals surface area contributed by atoms with Crippen LogP contribution in [0, 0.1) is 5.82 Å². The maximum absolute atomic E-state index is 14.3. The van der Waals surface area contributed by atoms with Crippen LogP contribution in [-0.4, -0.2) is 25.0 Å². The van der Waals surface area contributed by atoms with Crippen molar-refractivity contribution in [1.82, 2.24) is 0 Å². The smallest absolute Gasteiger partial charge is 0.381 e. The highest BCUT2D eigenvalue weighted by atomic mass is 19.4. The van der Waals surface area contributed by atoms with Crippen molar-refractivity contribution in [2.24, 2.45) is 0 Å². The van der Waals surface area contributed by atoms with Gasteiger partial charge in [0.1, 0.15) is 5.82 Å². The van der Waals surface area contributed by atoms with E-state index < -0.39 is 28.9 Å². The zero-order chi connectivity index (χ0) is 21.9. The number of halogens is 4. The summed E-state index contributed by atoms with van der Waals surface area (Å²) in [7, 11) is 0. The maximum Gasteiger partial charge on any atom is 0.416 e. The summed E-state index contributed by atoms with van der Waals surface area (Å²) in [4.78, 5) is 24.5. The second-order valence-electron chi connectivity index (χ2n) is 7.10. The quantitative estimate of drug-likeness (QED) is 0.711. The van der Waals surface area contributed by atoms with Crippen LogP contribution >= 0.6 is 0 Å². The summed E-state index contributed by atoms with van der Waals surface area (Å²) in [6.07, 6.45) is -4.27. The average Bonchev–Trinajstić information content (AvgIpc) is 2.70. The Balaban J connectivity index is 1.97. The fraction of sp³-hybridized carbons (Fsp3) is 0.333. The molecule has 9 heteroatoms. The molecule has 1 aliphatic rings. The molecule has 0 radical (unpaired) electrons. The SMILES string of the molecule is CC(=O)Nc1ccc(F)c(NC(=O)C2(c3cccc(C(F)(F)F)c3)CCOCC2)c1. The van der Waals surface area contributed by atoms with Crippen LogP contribution in [0.1, 0.15) is 30.9 Å². The van der Waals surface area contributed by atoms with Gasteiger partial charge in [-0.15, -0.1) is 0 Å². The summed E-state index contributed by atoms with van der Waals surface area (Å²) < 4.78 is 59.2. The lowest BCUT2D eigenvalue weighted by Gasteiger charge is -2.36. The first-order valence-electron chi connectivity index (χ1n) is 9.26. The van der Waals surface area contributed by atoms with Gasteiger partial charge in [-0.3, -0.25) is 9.59 Å². The van der Waals surface area contributed by atoms with Gasteiger partial charge in [-0.1, -0.05) is 18.2 Å². The van der Waals surface area contributed by atoms with E-state index in [0.717, 1.165) is 18.2 Å². The summed E-state index contributed by atoms with van der Waals surface area (Å²) in [6.45, 7) is 1.64. The molecular weight excluding hydrogens is 404 g/mol. The van der Waals surface area contributed by atoms with Crippen LogP contribution in [-0.2, 0) is 25.9 Å². The first kappa shape index (κ1) is 21.8. The molecule has 2 amide bonds. The molecule has 0 aromatic heterocycles. The van der Waals surface area contributed by atoms with Crippen molar-refractivity contribution in [2.45, 2.75) is 31.4 Å². The number of carbonyl (C=O) groups is 2. The van der Waals surface area contributed by atoms with Gasteiger partial charge in [0.25, 0.3) is 0 Å². The average molecular weight is 424 g/mol. The molecule has 0 atom stereocenters. The van der Waals surface area contributed by atoms with Gasteiger partial charge in [-0.25, -0.2) is 4.39 Å². The van der Waals surface area contributed by atoms with Gasteiger partial charge in [-0.2, -0.15) is 13.2 Å². The fourth-order valence-electron chi connectivity index (χ4n) is 3.50. The topological polar surface area (TPSA) is 67.4 Å². The van der Waals surface area contributed by atoms with Crippen molar-refractivity contribution in [3.63, 3.8) is 0 Å². The number of carbonyl (C=O) groups excluding carboxylic acids is 2. The molecule has 0 saturated carbocycles. The van der Waals surface area contributed by atoms with Crippen molar-refractivity contribution in [3.8, 4) is 0 Å². The number of ether oxygens (including phenoxy) is 1. The molecule has 2 N–H and O–H groups in total. The Labute approximate surface area is 170 Å². The molecule has 30 heavy (non-hydrogen) atoms. The van der Waals surface area contributed by atoms with Crippen molar-refractivity contribution < 1.29 is 31.9 Å². The maximum atomic E-state index is 14.3. The molecule has 0 aliphatic carbocycles. The van der Waals surface area contributed by atoms with Gasteiger partial charge in [0.2, 0.25) is 11.8 Å². The van der Waals surface area contributed by atoms with Crippen LogP contribution in [0.3, 0.4) is 0 Å². The van der Waals surface area contributed by atoms with E-state index in [1.165, 1.54) is 31.2 Å². The normalized spacial score (nSPS) is 16.0. The number of alkyl halides is 3. The van der Waals surface area contributed by atoms with E-state index in [1.54, 1.807) is 0 Å². The lowest BCUT2D eigenvalue weighted by Crippen LogP contribution is -2.45. The molecule has 160 valence electrons. The third-order valence-corrected chi connectivity index (χ3v) is 5.06. The Bertz CT molecular complexity index is 954. The molecule has 0 bridgehead atoms. The molecule has 2 aromatic carbocycles. The molecule has 3 rings (SSSR count). The largest absolute Gasteiger partial charge is 0.416 e. The summed E-state index contributed by atoms with van der Waals surface area (Å²) in [6, 6.07) is 8.28.